The molecule has 0 aliphatic carbocycles. The van der Waals surface area contributed by atoms with Gasteiger partial charge in [0.15, 0.2) is 11.5 Å². The molecule has 1 aromatic carbocycles. The van der Waals surface area contributed by atoms with Crippen molar-refractivity contribution in [1.29, 1.82) is 0 Å². The minimum Gasteiger partial charge on any atom is -0.507 e. The van der Waals surface area contributed by atoms with E-state index in [1.807, 2.05) is 0 Å². The molecule has 1 aliphatic heterocycles. The number of phenolic OH excluding ortho intramolecular Hbond substituents is 1. The summed E-state index contributed by atoms with van der Waals surface area (Å²) in [6.45, 7) is 1.63. The van der Waals surface area contributed by atoms with E-state index in [0.717, 1.165) is 5.56 Å². The van der Waals surface area contributed by atoms with E-state index in [0.29, 0.717) is 31.0 Å². The van der Waals surface area contributed by atoms with E-state index >= 15 is 0 Å². The average molecular weight is 225 g/mol. The van der Waals surface area contributed by atoms with Crippen LogP contribution in [-0.2, 0) is 6.54 Å². The van der Waals surface area contributed by atoms with Crippen molar-refractivity contribution >= 4 is 0 Å². The van der Waals surface area contributed by atoms with Crippen molar-refractivity contribution < 1.29 is 19.7 Å². The van der Waals surface area contributed by atoms with Crippen LogP contribution in [0.3, 0.4) is 0 Å². The van der Waals surface area contributed by atoms with Gasteiger partial charge in [0.25, 0.3) is 0 Å². The molecule has 0 fully saturated rings. The van der Waals surface area contributed by atoms with Crippen LogP contribution in [0.25, 0.3) is 0 Å². The van der Waals surface area contributed by atoms with Gasteiger partial charge in [-0.1, -0.05) is 0 Å². The summed E-state index contributed by atoms with van der Waals surface area (Å²) in [5.41, 5.74) is 0.766. The molecule has 0 radical (unpaired) electrons. The second-order valence-corrected chi connectivity index (χ2v) is 3.59. The lowest BCUT2D eigenvalue weighted by atomic mass is 10.1. The van der Waals surface area contributed by atoms with E-state index in [4.69, 9.17) is 14.6 Å². The van der Waals surface area contributed by atoms with Crippen molar-refractivity contribution in [1.82, 2.24) is 5.32 Å². The van der Waals surface area contributed by atoms with Crippen LogP contribution in [-0.4, -0.2) is 30.2 Å². The molecule has 0 saturated heterocycles. The first-order valence-corrected chi connectivity index (χ1v) is 5.24. The Labute approximate surface area is 93.6 Å². The zero-order valence-electron chi connectivity index (χ0n) is 8.90. The van der Waals surface area contributed by atoms with Crippen molar-refractivity contribution in [2.75, 3.05) is 19.9 Å². The molecule has 0 spiro atoms. The highest BCUT2D eigenvalue weighted by molar-refractivity contribution is 5.51. The number of ether oxygens (including phenoxy) is 2. The summed E-state index contributed by atoms with van der Waals surface area (Å²) in [7, 11) is 0. The van der Waals surface area contributed by atoms with Crippen LogP contribution in [0.2, 0.25) is 0 Å². The van der Waals surface area contributed by atoms with Gasteiger partial charge in [-0.15, -0.1) is 0 Å². The first-order valence-electron chi connectivity index (χ1n) is 5.24. The Balaban J connectivity index is 1.98. The molecule has 5 heteroatoms. The van der Waals surface area contributed by atoms with Crippen LogP contribution in [0.1, 0.15) is 12.0 Å². The van der Waals surface area contributed by atoms with Gasteiger partial charge in [-0.25, -0.2) is 0 Å². The zero-order chi connectivity index (χ0) is 11.4. The fraction of sp³-hybridized carbons (Fsp3) is 0.455. The van der Waals surface area contributed by atoms with Crippen LogP contribution < -0.4 is 14.8 Å². The van der Waals surface area contributed by atoms with Gasteiger partial charge < -0.3 is 25.0 Å². The van der Waals surface area contributed by atoms with Crippen LogP contribution in [0, 0.1) is 0 Å². The highest BCUT2D eigenvalue weighted by atomic mass is 16.7. The fourth-order valence-electron chi connectivity index (χ4n) is 1.54. The molecule has 16 heavy (non-hydrogen) atoms. The maximum Gasteiger partial charge on any atom is 0.231 e. The number of hydrogen-bond acceptors (Lipinski definition) is 5. The molecule has 5 nitrogen and oxygen atoms in total. The molecule has 1 aromatic rings. The molecule has 0 aromatic heterocycles. The largest absolute Gasteiger partial charge is 0.507 e. The van der Waals surface area contributed by atoms with Crippen molar-refractivity contribution in [3.8, 4) is 17.2 Å². The lowest BCUT2D eigenvalue weighted by Crippen LogP contribution is -2.15. The topological polar surface area (TPSA) is 71.0 Å². The number of benzene rings is 1. The van der Waals surface area contributed by atoms with Crippen molar-refractivity contribution in [2.45, 2.75) is 13.0 Å². The molecule has 1 aliphatic rings. The van der Waals surface area contributed by atoms with Crippen LogP contribution in [0.15, 0.2) is 12.1 Å². The molecule has 0 atom stereocenters. The number of rotatable bonds is 5. The van der Waals surface area contributed by atoms with E-state index in [1.165, 1.54) is 0 Å². The Morgan fingerprint density at radius 2 is 2.00 bits per heavy atom. The Morgan fingerprint density at radius 3 is 2.75 bits per heavy atom. The summed E-state index contributed by atoms with van der Waals surface area (Å²) in [6.07, 6.45) is 0.700. The monoisotopic (exact) mass is 225 g/mol. The van der Waals surface area contributed by atoms with E-state index in [-0.39, 0.29) is 19.1 Å². The molecule has 1 heterocycles. The fourth-order valence-corrected chi connectivity index (χ4v) is 1.54. The standard InChI is InChI=1S/C11H15NO4/c13-3-1-2-12-6-8-4-10-11(5-9(8)14)16-7-15-10/h4-5,12-14H,1-3,6-7H2. The maximum absolute atomic E-state index is 9.71. The molecule has 3 N–H and O–H groups in total. The number of aliphatic hydroxyl groups excluding tert-OH is 1. The second kappa shape index (κ2) is 5.05. The number of phenols is 1. The van der Waals surface area contributed by atoms with Crippen molar-refractivity contribution in [3.05, 3.63) is 17.7 Å². The molecule has 0 unspecified atom stereocenters. The van der Waals surface area contributed by atoms with Crippen LogP contribution >= 0.6 is 0 Å². The molecule has 0 saturated carbocycles. The summed E-state index contributed by atoms with van der Waals surface area (Å²) in [5.74, 6) is 1.44. The highest BCUT2D eigenvalue weighted by Gasteiger charge is 2.16. The van der Waals surface area contributed by atoms with Gasteiger partial charge in [0.05, 0.1) is 0 Å². The molecule has 0 amide bonds. The summed E-state index contributed by atoms with van der Waals surface area (Å²) in [6, 6.07) is 3.33. The molecule has 88 valence electrons. The van der Waals surface area contributed by atoms with Gasteiger partial charge in [-0.2, -0.15) is 0 Å². The minimum atomic E-state index is 0.167. The third-order valence-corrected chi connectivity index (χ3v) is 2.40. The zero-order valence-corrected chi connectivity index (χ0v) is 8.90. The van der Waals surface area contributed by atoms with E-state index in [1.54, 1.807) is 12.1 Å². The first-order chi connectivity index (χ1) is 7.81. The van der Waals surface area contributed by atoms with Gasteiger partial charge in [0.2, 0.25) is 6.79 Å². The Morgan fingerprint density at radius 1 is 1.25 bits per heavy atom. The third kappa shape index (κ3) is 2.37. The molecular weight excluding hydrogens is 210 g/mol. The summed E-state index contributed by atoms with van der Waals surface area (Å²) in [4.78, 5) is 0. The SMILES string of the molecule is OCCCNCc1cc2c(cc1O)OCO2. The number of fused-ring (bicyclic) bond motifs is 1. The second-order valence-electron chi connectivity index (χ2n) is 3.59. The Bertz CT molecular complexity index is 367. The lowest BCUT2D eigenvalue weighted by Gasteiger charge is -2.07. The first kappa shape index (κ1) is 11.0. The highest BCUT2D eigenvalue weighted by Crippen LogP contribution is 2.37. The summed E-state index contributed by atoms with van der Waals surface area (Å²) >= 11 is 0. The molecular formula is C11H15NO4. The van der Waals surface area contributed by atoms with Gasteiger partial charge in [0.1, 0.15) is 5.75 Å². The number of nitrogens with one attached hydrogen (secondary N) is 1. The number of aromatic hydroxyl groups is 1. The van der Waals surface area contributed by atoms with Gasteiger partial charge in [-0.05, 0) is 19.0 Å². The van der Waals surface area contributed by atoms with Crippen LogP contribution in [0.4, 0.5) is 0 Å². The van der Waals surface area contributed by atoms with E-state index in [2.05, 4.69) is 5.32 Å². The van der Waals surface area contributed by atoms with Crippen LogP contribution in [0.5, 0.6) is 17.2 Å². The third-order valence-electron chi connectivity index (χ3n) is 2.40. The Kier molecular flexibility index (Phi) is 3.48. The predicted molar refractivity (Wildman–Crippen MR) is 57.6 cm³/mol. The number of hydrogen-bond donors (Lipinski definition) is 3. The lowest BCUT2D eigenvalue weighted by molar-refractivity contribution is 0.174. The molecule has 0 bridgehead atoms. The number of aliphatic hydroxyl groups is 1. The Hall–Kier alpha value is -1.46. The van der Waals surface area contributed by atoms with Gasteiger partial charge >= 0.3 is 0 Å². The summed E-state index contributed by atoms with van der Waals surface area (Å²) in [5, 5.41) is 21.4. The smallest absolute Gasteiger partial charge is 0.231 e. The quantitative estimate of drug-likeness (QED) is 0.640. The summed E-state index contributed by atoms with van der Waals surface area (Å²) < 4.78 is 10.4. The van der Waals surface area contributed by atoms with E-state index < -0.39 is 0 Å². The molecule has 2 rings (SSSR count). The average Bonchev–Trinajstić information content (AvgIpc) is 2.71. The normalized spacial score (nSPS) is 13.1. The van der Waals surface area contributed by atoms with Gasteiger partial charge in [0, 0.05) is 24.8 Å². The predicted octanol–water partition coefficient (Wildman–Crippen LogP) is 0.593. The minimum absolute atomic E-state index is 0.167. The van der Waals surface area contributed by atoms with E-state index in [9.17, 15) is 5.11 Å². The van der Waals surface area contributed by atoms with Gasteiger partial charge in [-0.3, -0.25) is 0 Å². The maximum atomic E-state index is 9.71. The van der Waals surface area contributed by atoms with Crippen molar-refractivity contribution in [2.24, 2.45) is 0 Å². The van der Waals surface area contributed by atoms with Crippen molar-refractivity contribution in [3.63, 3.8) is 0 Å².